The zero-order valence-electron chi connectivity index (χ0n) is 14.7. The zero-order chi connectivity index (χ0) is 18.0. The van der Waals surface area contributed by atoms with Crippen molar-refractivity contribution in [2.45, 2.75) is 30.7 Å². The van der Waals surface area contributed by atoms with Crippen molar-refractivity contribution in [2.75, 3.05) is 27.8 Å². The van der Waals surface area contributed by atoms with E-state index < -0.39 is 5.41 Å². The van der Waals surface area contributed by atoms with Crippen molar-refractivity contribution < 1.29 is 24.0 Å². The van der Waals surface area contributed by atoms with Gasteiger partial charge in [-0.2, -0.15) is 0 Å². The molecule has 0 aromatic heterocycles. The molecule has 0 spiro atoms. The summed E-state index contributed by atoms with van der Waals surface area (Å²) in [4.78, 5) is 12.6. The van der Waals surface area contributed by atoms with Gasteiger partial charge in [-0.15, -0.1) is 0 Å². The van der Waals surface area contributed by atoms with Crippen LogP contribution in [0.25, 0.3) is 0 Å². The molecule has 1 aromatic rings. The van der Waals surface area contributed by atoms with Gasteiger partial charge in [0, 0.05) is 36.2 Å². The van der Waals surface area contributed by atoms with Crippen LogP contribution in [0.1, 0.15) is 24.0 Å². The molecule has 1 heterocycles. The summed E-state index contributed by atoms with van der Waals surface area (Å²) < 4.78 is 10.2. The number of methoxy groups -OCH3 is 2. The fourth-order valence-electron chi connectivity index (χ4n) is 5.18. The van der Waals surface area contributed by atoms with Gasteiger partial charge in [0.1, 0.15) is 0 Å². The predicted molar refractivity (Wildman–Crippen MR) is 91.1 cm³/mol. The summed E-state index contributed by atoms with van der Waals surface area (Å²) in [5.74, 6) is 0.631. The third kappa shape index (κ3) is 2.07. The van der Waals surface area contributed by atoms with Crippen molar-refractivity contribution in [1.29, 1.82) is 0 Å². The Bertz CT molecular complexity index is 784. The van der Waals surface area contributed by atoms with Crippen LogP contribution in [0, 0.1) is 11.1 Å². The van der Waals surface area contributed by atoms with Crippen LogP contribution in [0.2, 0.25) is 0 Å². The molecule has 0 saturated carbocycles. The van der Waals surface area contributed by atoms with Crippen molar-refractivity contribution in [2.24, 2.45) is 5.92 Å². The molecule has 0 radical (unpaired) electrons. The number of carbonyl (C=O) groups is 1. The van der Waals surface area contributed by atoms with Crippen LogP contribution >= 0.6 is 0 Å². The third-order valence-electron chi connectivity index (χ3n) is 6.43. The number of allylic oxidation sites excluding steroid dienone is 1. The van der Waals surface area contributed by atoms with Gasteiger partial charge in [0.2, 0.25) is 0 Å². The van der Waals surface area contributed by atoms with E-state index in [0.717, 1.165) is 11.1 Å². The number of hydrogen-bond acceptors (Lipinski definition) is 5. The Morgan fingerprint density at radius 1 is 1.32 bits per heavy atom. The monoisotopic (exact) mass is 345 g/mol. The summed E-state index contributed by atoms with van der Waals surface area (Å²) >= 11 is 0. The molecular formula is C19H23NO5. The standard InChI is InChI=1S/C19H23NO5/c1-20(23)7-6-19-10-14(21)16(25-3)9-12(19)13(20)8-11-4-5-15(24-2)18(22)17(11)19/h4-5,9,12-13,22H,6-8,10H2,1-3H3/t12?,13-,19+,20?/m1/s1. The molecule has 25 heavy (non-hydrogen) atoms. The van der Waals surface area contributed by atoms with Crippen LogP contribution in [0.4, 0.5) is 0 Å². The topological polar surface area (TPSA) is 78.8 Å². The highest BCUT2D eigenvalue weighted by Gasteiger charge is 2.60. The maximum absolute atomic E-state index is 13.1. The van der Waals surface area contributed by atoms with Gasteiger partial charge in [-0.25, -0.2) is 0 Å². The maximum atomic E-state index is 13.1. The molecule has 2 unspecified atom stereocenters. The molecule has 6 heteroatoms. The lowest BCUT2D eigenvalue weighted by Crippen LogP contribution is -2.66. The fraction of sp³-hybridized carbons (Fsp3) is 0.526. The van der Waals surface area contributed by atoms with Crippen LogP contribution in [0.3, 0.4) is 0 Å². The lowest BCUT2D eigenvalue weighted by atomic mass is 9.53. The number of hydroxylamine groups is 3. The summed E-state index contributed by atoms with van der Waals surface area (Å²) in [5.41, 5.74) is 1.17. The van der Waals surface area contributed by atoms with Crippen LogP contribution in [-0.2, 0) is 21.4 Å². The summed E-state index contributed by atoms with van der Waals surface area (Å²) in [7, 11) is 4.71. The molecule has 1 N–H and O–H groups in total. The molecule has 3 aliphatic rings. The maximum Gasteiger partial charge on any atom is 0.197 e. The van der Waals surface area contributed by atoms with E-state index in [1.165, 1.54) is 14.2 Å². The van der Waals surface area contributed by atoms with Crippen LogP contribution in [0.5, 0.6) is 11.5 Å². The minimum absolute atomic E-state index is 0.0745. The van der Waals surface area contributed by atoms with Crippen LogP contribution < -0.4 is 4.74 Å². The summed E-state index contributed by atoms with van der Waals surface area (Å²) in [5, 5.41) is 24.0. The highest BCUT2D eigenvalue weighted by molar-refractivity contribution is 5.96. The Labute approximate surface area is 146 Å². The molecule has 2 aliphatic carbocycles. The number of fused-ring (bicyclic) bond motifs is 1. The Morgan fingerprint density at radius 2 is 2.08 bits per heavy atom. The molecule has 1 fully saturated rings. The lowest BCUT2D eigenvalue weighted by molar-refractivity contribution is -0.898. The molecule has 2 bridgehead atoms. The Kier molecular flexibility index (Phi) is 3.43. The number of piperidine rings is 1. The van der Waals surface area contributed by atoms with Gasteiger partial charge < -0.3 is 24.4 Å². The van der Waals surface area contributed by atoms with E-state index in [1.54, 1.807) is 13.1 Å². The number of hydrogen-bond donors (Lipinski definition) is 1. The molecule has 0 amide bonds. The fourth-order valence-corrected chi connectivity index (χ4v) is 5.18. The molecule has 4 atom stereocenters. The molecule has 6 nitrogen and oxygen atoms in total. The first-order valence-electron chi connectivity index (χ1n) is 8.58. The normalized spacial score (nSPS) is 36.2. The number of ether oxygens (including phenoxy) is 2. The number of ketones is 1. The van der Waals surface area contributed by atoms with E-state index in [2.05, 4.69) is 0 Å². The second-order valence-electron chi connectivity index (χ2n) is 7.59. The number of phenols is 1. The van der Waals surface area contributed by atoms with E-state index in [9.17, 15) is 15.1 Å². The van der Waals surface area contributed by atoms with Gasteiger partial charge in [0.25, 0.3) is 0 Å². The van der Waals surface area contributed by atoms with Crippen molar-refractivity contribution in [1.82, 2.24) is 0 Å². The number of nitrogens with zero attached hydrogens (tertiary/aromatic N) is 1. The first kappa shape index (κ1) is 16.4. The molecule has 4 rings (SSSR count). The third-order valence-corrected chi connectivity index (χ3v) is 6.43. The highest BCUT2D eigenvalue weighted by Crippen LogP contribution is 2.58. The van der Waals surface area contributed by atoms with E-state index in [0.29, 0.717) is 30.9 Å². The molecular weight excluding hydrogens is 322 g/mol. The van der Waals surface area contributed by atoms with Crippen molar-refractivity contribution in [3.63, 3.8) is 0 Å². The molecule has 1 aromatic carbocycles. The molecule has 1 aliphatic heterocycles. The summed E-state index contributed by atoms with van der Waals surface area (Å²) in [6.45, 7) is 0.431. The largest absolute Gasteiger partial charge is 0.633 e. The van der Waals surface area contributed by atoms with E-state index >= 15 is 0 Å². The van der Waals surface area contributed by atoms with E-state index in [-0.39, 0.29) is 34.6 Å². The average molecular weight is 345 g/mol. The summed E-state index contributed by atoms with van der Waals surface area (Å²) in [6, 6.07) is 3.47. The number of carbonyl (C=O) groups excluding carboxylic acids is 1. The summed E-state index contributed by atoms with van der Waals surface area (Å²) in [6.07, 6.45) is 3.20. The first-order valence-corrected chi connectivity index (χ1v) is 8.58. The van der Waals surface area contributed by atoms with Crippen molar-refractivity contribution in [3.8, 4) is 11.5 Å². The van der Waals surface area contributed by atoms with Gasteiger partial charge in [-0.05, 0) is 17.7 Å². The number of likely N-dealkylation sites (N-methyl/N-ethyl adjacent to an activating group) is 1. The van der Waals surface area contributed by atoms with Crippen LogP contribution in [0.15, 0.2) is 24.0 Å². The SMILES string of the molecule is COC1=CC2[C@H]3Cc4ccc(OC)c(O)c4[C@@]2(CC[N+]3(C)[O-])CC1=O. The Morgan fingerprint density at radius 3 is 2.76 bits per heavy atom. The van der Waals surface area contributed by atoms with Gasteiger partial charge in [-0.3, -0.25) is 4.79 Å². The number of phenolic OH excluding ortho intramolecular Hbond substituents is 1. The minimum Gasteiger partial charge on any atom is -0.633 e. The number of likely N-dealkylation sites (tertiary alicyclic amines) is 1. The predicted octanol–water partition coefficient (Wildman–Crippen LogP) is 2.03. The van der Waals surface area contributed by atoms with E-state index in [1.807, 2.05) is 12.1 Å². The highest BCUT2D eigenvalue weighted by atomic mass is 16.5. The number of aromatic hydroxyl groups is 1. The average Bonchev–Trinajstić information content (AvgIpc) is 2.58. The lowest BCUT2D eigenvalue weighted by Gasteiger charge is -2.61. The van der Waals surface area contributed by atoms with Gasteiger partial charge >= 0.3 is 0 Å². The number of benzene rings is 1. The number of Topliss-reactive ketones (excluding diaryl/α,β-unsaturated/α-hetero) is 1. The van der Waals surface area contributed by atoms with E-state index in [4.69, 9.17) is 9.47 Å². The minimum atomic E-state index is -0.557. The second kappa shape index (κ2) is 5.22. The van der Waals surface area contributed by atoms with Gasteiger partial charge in [0.05, 0.1) is 33.9 Å². The van der Waals surface area contributed by atoms with Crippen molar-refractivity contribution in [3.05, 3.63) is 40.3 Å². The zero-order valence-corrected chi connectivity index (χ0v) is 14.7. The Hall–Kier alpha value is -2.05. The van der Waals surface area contributed by atoms with Gasteiger partial charge in [-0.1, -0.05) is 6.07 Å². The van der Waals surface area contributed by atoms with Crippen LogP contribution in [-0.4, -0.2) is 49.4 Å². The van der Waals surface area contributed by atoms with Gasteiger partial charge in [0.15, 0.2) is 23.0 Å². The quantitative estimate of drug-likeness (QED) is 0.655. The second-order valence-corrected chi connectivity index (χ2v) is 7.59. The number of quaternary nitrogens is 1. The van der Waals surface area contributed by atoms with Crippen molar-refractivity contribution >= 4 is 5.78 Å². The smallest absolute Gasteiger partial charge is 0.197 e. The Balaban J connectivity index is 1.99. The first-order chi connectivity index (χ1) is 11.8. The number of rotatable bonds is 2. The molecule has 1 saturated heterocycles. The molecule has 134 valence electrons.